The van der Waals surface area contributed by atoms with E-state index < -0.39 is 0 Å². The highest BCUT2D eigenvalue weighted by Crippen LogP contribution is 2.23. The Labute approximate surface area is 157 Å². The molecular weight excluding hydrogens is 376 g/mol. The minimum Gasteiger partial charge on any atom is -0.440 e. The molecule has 0 atom stereocenters. The molecule has 26 heavy (non-hydrogen) atoms. The second-order valence-electron chi connectivity index (χ2n) is 5.18. The number of amides is 1. The van der Waals surface area contributed by atoms with E-state index in [4.69, 9.17) is 16.3 Å². The van der Waals surface area contributed by atoms with E-state index in [2.05, 4.69) is 26.1 Å². The molecule has 1 amide bonds. The molecule has 0 aliphatic carbocycles. The molecule has 0 bridgehead atoms. The topological polar surface area (TPSA) is 94.3 Å². The Morgan fingerprint density at radius 3 is 2.81 bits per heavy atom. The third kappa shape index (κ3) is 3.39. The standard InChI is InChI=1S/C16H11ClN6O2S/c17-10-5-7-11(8-6-10)23-16(20-21-22-23)26-9-14-18-19-15(24)12-3-1-2-4-13(12)25-14/h1-8H,9H2,(H,19,24). The Balaban J connectivity index is 1.51. The first kappa shape index (κ1) is 16.6. The van der Waals surface area contributed by atoms with E-state index in [0.717, 1.165) is 5.69 Å². The number of nitrogens with zero attached hydrogens (tertiary/aromatic N) is 5. The zero-order valence-corrected chi connectivity index (χ0v) is 14.7. The van der Waals surface area contributed by atoms with Crippen molar-refractivity contribution in [1.29, 1.82) is 0 Å². The number of thioether (sulfide) groups is 1. The molecule has 1 aliphatic rings. The minimum atomic E-state index is -0.313. The predicted molar refractivity (Wildman–Crippen MR) is 96.9 cm³/mol. The van der Waals surface area contributed by atoms with Crippen LogP contribution in [0.2, 0.25) is 5.02 Å². The smallest absolute Gasteiger partial charge is 0.275 e. The van der Waals surface area contributed by atoms with Gasteiger partial charge in [-0.1, -0.05) is 35.5 Å². The van der Waals surface area contributed by atoms with Crippen LogP contribution >= 0.6 is 23.4 Å². The van der Waals surface area contributed by atoms with Gasteiger partial charge in [-0.25, -0.2) is 5.43 Å². The lowest BCUT2D eigenvalue weighted by Gasteiger charge is -2.07. The monoisotopic (exact) mass is 386 g/mol. The van der Waals surface area contributed by atoms with Gasteiger partial charge in [0.25, 0.3) is 5.91 Å². The molecule has 0 unspecified atom stereocenters. The summed E-state index contributed by atoms with van der Waals surface area (Å²) in [7, 11) is 0. The molecule has 0 saturated heterocycles. The number of carbonyl (C=O) groups excluding carboxylic acids is 1. The van der Waals surface area contributed by atoms with E-state index in [1.54, 1.807) is 41.1 Å². The number of rotatable bonds is 4. The summed E-state index contributed by atoms with van der Waals surface area (Å²) in [5.41, 5.74) is 3.69. The number of nitrogens with one attached hydrogen (secondary N) is 1. The molecule has 2 heterocycles. The van der Waals surface area contributed by atoms with Gasteiger partial charge in [-0.2, -0.15) is 4.68 Å². The van der Waals surface area contributed by atoms with Crippen molar-refractivity contribution < 1.29 is 9.53 Å². The Morgan fingerprint density at radius 2 is 1.96 bits per heavy atom. The molecule has 10 heteroatoms. The fourth-order valence-electron chi connectivity index (χ4n) is 2.27. The number of halogens is 1. The van der Waals surface area contributed by atoms with Crippen LogP contribution in [0, 0.1) is 0 Å². The molecule has 0 saturated carbocycles. The summed E-state index contributed by atoms with van der Waals surface area (Å²) in [5.74, 6) is 0.826. The quantitative estimate of drug-likeness (QED) is 0.692. The highest BCUT2D eigenvalue weighted by atomic mass is 35.5. The van der Waals surface area contributed by atoms with Crippen molar-refractivity contribution in [2.75, 3.05) is 5.75 Å². The normalized spacial score (nSPS) is 13.3. The molecule has 0 fully saturated rings. The van der Waals surface area contributed by atoms with Gasteiger partial charge in [-0.3, -0.25) is 4.79 Å². The Morgan fingerprint density at radius 1 is 1.15 bits per heavy atom. The second-order valence-corrected chi connectivity index (χ2v) is 6.56. The molecule has 4 rings (SSSR count). The van der Waals surface area contributed by atoms with Gasteiger partial charge in [0, 0.05) is 5.02 Å². The van der Waals surface area contributed by atoms with Gasteiger partial charge in [0.1, 0.15) is 5.75 Å². The molecule has 1 N–H and O–H groups in total. The van der Waals surface area contributed by atoms with E-state index >= 15 is 0 Å². The van der Waals surface area contributed by atoms with Crippen molar-refractivity contribution in [2.24, 2.45) is 5.10 Å². The van der Waals surface area contributed by atoms with Crippen molar-refractivity contribution >= 4 is 35.2 Å². The largest absolute Gasteiger partial charge is 0.440 e. The first-order valence-corrected chi connectivity index (χ1v) is 8.88. The van der Waals surface area contributed by atoms with Gasteiger partial charge < -0.3 is 4.74 Å². The number of benzene rings is 2. The summed E-state index contributed by atoms with van der Waals surface area (Å²) >= 11 is 7.24. The Bertz CT molecular complexity index is 988. The lowest BCUT2D eigenvalue weighted by atomic mass is 10.2. The maximum Gasteiger partial charge on any atom is 0.275 e. The van der Waals surface area contributed by atoms with Crippen LogP contribution in [0.3, 0.4) is 0 Å². The number of carbonyl (C=O) groups is 1. The van der Waals surface area contributed by atoms with Crippen LogP contribution in [0.5, 0.6) is 5.75 Å². The number of hydrazone groups is 1. The number of tetrazole rings is 1. The van der Waals surface area contributed by atoms with E-state index in [0.29, 0.717) is 33.1 Å². The van der Waals surface area contributed by atoms with Crippen molar-refractivity contribution in [2.45, 2.75) is 5.16 Å². The molecule has 3 aromatic rings. The van der Waals surface area contributed by atoms with Gasteiger partial charge >= 0.3 is 0 Å². The van der Waals surface area contributed by atoms with Gasteiger partial charge in [-0.05, 0) is 46.8 Å². The summed E-state index contributed by atoms with van der Waals surface area (Å²) in [4.78, 5) is 12.0. The van der Waals surface area contributed by atoms with Crippen LogP contribution in [-0.2, 0) is 0 Å². The number of fused-ring (bicyclic) bond motifs is 1. The predicted octanol–water partition coefficient (Wildman–Crippen LogP) is 2.54. The van der Waals surface area contributed by atoms with Gasteiger partial charge in [-0.15, -0.1) is 10.2 Å². The lowest BCUT2D eigenvalue weighted by molar-refractivity contribution is 0.0955. The maximum atomic E-state index is 12.0. The fraction of sp³-hybridized carbons (Fsp3) is 0.0625. The average Bonchev–Trinajstić information content (AvgIpc) is 3.06. The van der Waals surface area contributed by atoms with Crippen LogP contribution in [0.4, 0.5) is 0 Å². The zero-order valence-electron chi connectivity index (χ0n) is 13.2. The number of hydrogen-bond acceptors (Lipinski definition) is 7. The second kappa shape index (κ2) is 7.14. The Kier molecular flexibility index (Phi) is 4.55. The summed E-state index contributed by atoms with van der Waals surface area (Å²) in [5, 5.41) is 16.9. The molecule has 0 radical (unpaired) electrons. The molecule has 8 nitrogen and oxygen atoms in total. The van der Waals surface area contributed by atoms with Crippen LogP contribution < -0.4 is 10.2 Å². The van der Waals surface area contributed by atoms with E-state index in [9.17, 15) is 4.79 Å². The number of ether oxygens (including phenoxy) is 1. The molecular formula is C16H11ClN6O2S. The Hall–Kier alpha value is -2.91. The first-order valence-electron chi connectivity index (χ1n) is 7.51. The fourth-order valence-corrected chi connectivity index (χ4v) is 3.13. The van der Waals surface area contributed by atoms with E-state index in [1.165, 1.54) is 11.8 Å². The van der Waals surface area contributed by atoms with Crippen LogP contribution in [0.15, 0.2) is 58.8 Å². The number of para-hydroxylation sites is 1. The maximum absolute atomic E-state index is 12.0. The summed E-state index contributed by atoms with van der Waals surface area (Å²) in [6, 6.07) is 14.1. The SMILES string of the molecule is O=C1NN=C(CSc2nnnn2-c2ccc(Cl)cc2)Oc2ccccc21. The highest BCUT2D eigenvalue weighted by Gasteiger charge is 2.19. The first-order chi connectivity index (χ1) is 12.7. The molecule has 130 valence electrons. The summed E-state index contributed by atoms with van der Waals surface area (Å²) in [6.07, 6.45) is 0. The molecule has 1 aromatic heterocycles. The minimum absolute atomic E-state index is 0.313. The molecule has 1 aliphatic heterocycles. The summed E-state index contributed by atoms with van der Waals surface area (Å²) < 4.78 is 7.33. The van der Waals surface area contributed by atoms with E-state index in [-0.39, 0.29) is 5.91 Å². The summed E-state index contributed by atoms with van der Waals surface area (Å²) in [6.45, 7) is 0. The van der Waals surface area contributed by atoms with Crippen LogP contribution in [0.1, 0.15) is 10.4 Å². The van der Waals surface area contributed by atoms with Gasteiger partial charge in [0.15, 0.2) is 0 Å². The van der Waals surface area contributed by atoms with Crippen molar-refractivity contribution in [3.63, 3.8) is 0 Å². The van der Waals surface area contributed by atoms with Crippen molar-refractivity contribution in [3.05, 3.63) is 59.1 Å². The molecule has 0 spiro atoms. The zero-order chi connectivity index (χ0) is 17.9. The third-order valence-corrected chi connectivity index (χ3v) is 4.63. The van der Waals surface area contributed by atoms with Crippen LogP contribution in [0.25, 0.3) is 5.69 Å². The van der Waals surface area contributed by atoms with Crippen LogP contribution in [-0.4, -0.2) is 37.8 Å². The van der Waals surface area contributed by atoms with E-state index in [1.807, 2.05) is 12.1 Å². The lowest BCUT2D eigenvalue weighted by Crippen LogP contribution is -2.18. The molecule has 2 aromatic carbocycles. The van der Waals surface area contributed by atoms with Crippen molar-refractivity contribution in [1.82, 2.24) is 25.6 Å². The van der Waals surface area contributed by atoms with Crippen molar-refractivity contribution in [3.8, 4) is 11.4 Å². The third-order valence-electron chi connectivity index (χ3n) is 3.48. The number of hydrogen-bond donors (Lipinski definition) is 1. The highest BCUT2D eigenvalue weighted by molar-refractivity contribution is 7.99. The van der Waals surface area contributed by atoms with Gasteiger partial charge in [0.2, 0.25) is 11.1 Å². The average molecular weight is 387 g/mol. The van der Waals surface area contributed by atoms with Gasteiger partial charge in [0.05, 0.1) is 17.0 Å². The number of aromatic nitrogens is 4.